The lowest BCUT2D eigenvalue weighted by Gasteiger charge is -2.41. The van der Waals surface area contributed by atoms with Gasteiger partial charge in [-0.1, -0.05) is 51.1 Å². The van der Waals surface area contributed by atoms with Crippen LogP contribution in [0.15, 0.2) is 54.6 Å². The number of nitrogens with one attached hydrogen (secondary N) is 1. The van der Waals surface area contributed by atoms with Crippen molar-refractivity contribution in [3.8, 4) is 11.5 Å². The van der Waals surface area contributed by atoms with Crippen LogP contribution in [0.25, 0.3) is 0 Å². The third-order valence-electron chi connectivity index (χ3n) is 5.63. The lowest BCUT2D eigenvalue weighted by molar-refractivity contribution is -0.142. The van der Waals surface area contributed by atoms with E-state index < -0.39 is 38.1 Å². The molecule has 2 aromatic rings. The predicted octanol–water partition coefficient (Wildman–Crippen LogP) is 6.52. The number of benzene rings is 2. The molecule has 0 fully saturated rings. The van der Waals surface area contributed by atoms with Gasteiger partial charge in [-0.15, -0.1) is 0 Å². The van der Waals surface area contributed by atoms with Crippen LogP contribution in [0.1, 0.15) is 53.2 Å². The van der Waals surface area contributed by atoms with Crippen molar-refractivity contribution >= 4 is 20.4 Å². The molecule has 2 aromatic carbocycles. The highest BCUT2D eigenvalue weighted by Crippen LogP contribution is 2.41. The molecule has 2 atom stereocenters. The number of carboxylic acid groups (broad SMARTS) is 1. The second-order valence-electron chi connectivity index (χ2n) is 10.7. The van der Waals surface area contributed by atoms with Gasteiger partial charge in [-0.05, 0) is 68.7 Å². The number of para-hydroxylation sites is 1. The van der Waals surface area contributed by atoms with E-state index in [-0.39, 0.29) is 5.04 Å². The molecule has 0 spiro atoms. The van der Waals surface area contributed by atoms with Crippen molar-refractivity contribution in [2.75, 3.05) is 0 Å². The molecule has 0 radical (unpaired) electrons. The highest BCUT2D eigenvalue weighted by atomic mass is 28.4. The molecule has 2 rings (SSSR count). The number of hydrogen-bond acceptors (Lipinski definition) is 5. The fourth-order valence-corrected chi connectivity index (χ4v) is 4.16. The summed E-state index contributed by atoms with van der Waals surface area (Å²) < 4.78 is 17.9. The second-order valence-corrected chi connectivity index (χ2v) is 15.5. The van der Waals surface area contributed by atoms with Crippen molar-refractivity contribution in [3.63, 3.8) is 0 Å². The zero-order valence-electron chi connectivity index (χ0n) is 21.3. The smallest absolute Gasteiger partial charge is 0.408 e. The van der Waals surface area contributed by atoms with Crippen molar-refractivity contribution in [1.82, 2.24) is 5.32 Å². The van der Waals surface area contributed by atoms with Gasteiger partial charge in [0.25, 0.3) is 0 Å². The first-order valence-electron chi connectivity index (χ1n) is 11.3. The number of rotatable bonds is 8. The van der Waals surface area contributed by atoms with Gasteiger partial charge in [-0.3, -0.25) is 0 Å². The summed E-state index contributed by atoms with van der Waals surface area (Å²) in [5.41, 5.74) is -0.187. The van der Waals surface area contributed by atoms with Gasteiger partial charge in [-0.2, -0.15) is 0 Å². The average Bonchev–Trinajstić information content (AvgIpc) is 2.69. The number of ether oxygens (including phenoxy) is 2. The maximum absolute atomic E-state index is 12.5. The van der Waals surface area contributed by atoms with Crippen molar-refractivity contribution < 1.29 is 28.6 Å². The van der Waals surface area contributed by atoms with E-state index in [4.69, 9.17) is 13.9 Å². The van der Waals surface area contributed by atoms with Gasteiger partial charge >= 0.3 is 12.1 Å². The lowest BCUT2D eigenvalue weighted by atomic mass is 10.0. The Kier molecular flexibility index (Phi) is 8.55. The van der Waals surface area contributed by atoms with Gasteiger partial charge < -0.3 is 24.3 Å². The summed E-state index contributed by atoms with van der Waals surface area (Å²) in [6.45, 7) is 15.4. The van der Waals surface area contributed by atoms with E-state index in [1.54, 1.807) is 45.0 Å². The fraction of sp³-hybridized carbons (Fsp3) is 0.462. The van der Waals surface area contributed by atoms with Crippen molar-refractivity contribution in [1.29, 1.82) is 0 Å². The molecular weight excluding hydrogens is 450 g/mol. The molecule has 0 aliphatic rings. The highest BCUT2D eigenvalue weighted by Gasteiger charge is 2.43. The zero-order valence-corrected chi connectivity index (χ0v) is 22.3. The van der Waals surface area contributed by atoms with Gasteiger partial charge in [-0.25, -0.2) is 9.59 Å². The molecule has 0 bridgehead atoms. The van der Waals surface area contributed by atoms with Crippen LogP contribution in [0.5, 0.6) is 11.5 Å². The van der Waals surface area contributed by atoms with Crippen LogP contribution in [-0.4, -0.2) is 37.1 Å². The number of carboxylic acids is 1. The number of carbonyl (C=O) groups is 2. The Labute approximate surface area is 203 Å². The SMILES string of the molecule is CC(C)(C)OC(=O)NC(C(=O)O)C(O[Si](C)(C)C(C)(C)C)c1cccc(Oc2ccccc2)c1. The first kappa shape index (κ1) is 27.4. The number of amides is 1. The van der Waals surface area contributed by atoms with E-state index in [0.717, 1.165) is 0 Å². The third kappa shape index (κ3) is 7.88. The van der Waals surface area contributed by atoms with Gasteiger partial charge in [0.1, 0.15) is 23.2 Å². The van der Waals surface area contributed by atoms with E-state index in [2.05, 4.69) is 26.1 Å². The molecule has 8 heteroatoms. The van der Waals surface area contributed by atoms with Crippen LogP contribution >= 0.6 is 0 Å². The molecule has 2 N–H and O–H groups in total. The Morgan fingerprint density at radius 1 is 0.912 bits per heavy atom. The summed E-state index contributed by atoms with van der Waals surface area (Å²) in [4.78, 5) is 24.9. The minimum Gasteiger partial charge on any atom is -0.480 e. The van der Waals surface area contributed by atoms with Crippen molar-refractivity contribution in [2.24, 2.45) is 0 Å². The van der Waals surface area contributed by atoms with Crippen LogP contribution < -0.4 is 10.1 Å². The quantitative estimate of drug-likeness (QED) is 0.412. The van der Waals surface area contributed by atoms with E-state index >= 15 is 0 Å². The Morgan fingerprint density at radius 3 is 2.03 bits per heavy atom. The minimum absolute atomic E-state index is 0.182. The first-order chi connectivity index (χ1) is 15.6. The molecule has 2 unspecified atom stereocenters. The largest absolute Gasteiger partial charge is 0.480 e. The molecule has 186 valence electrons. The molecule has 0 aliphatic heterocycles. The van der Waals surface area contributed by atoms with E-state index in [0.29, 0.717) is 17.1 Å². The molecule has 34 heavy (non-hydrogen) atoms. The molecule has 0 aliphatic carbocycles. The molecule has 0 heterocycles. The Morgan fingerprint density at radius 2 is 1.50 bits per heavy atom. The molecule has 0 saturated carbocycles. The normalized spacial score (nSPS) is 14.1. The molecular formula is C26H37NO6Si. The summed E-state index contributed by atoms with van der Waals surface area (Å²) in [6, 6.07) is 15.0. The molecule has 0 aromatic heterocycles. The second kappa shape index (κ2) is 10.6. The summed E-state index contributed by atoms with van der Waals surface area (Å²) in [5, 5.41) is 12.4. The fourth-order valence-electron chi connectivity index (χ4n) is 2.90. The van der Waals surface area contributed by atoms with E-state index in [1.807, 2.05) is 43.4 Å². The topological polar surface area (TPSA) is 94.1 Å². The van der Waals surface area contributed by atoms with Crippen LogP contribution in [0.3, 0.4) is 0 Å². The molecule has 0 saturated heterocycles. The van der Waals surface area contributed by atoms with Gasteiger partial charge in [0.2, 0.25) is 0 Å². The summed E-state index contributed by atoms with van der Waals surface area (Å²) in [6.07, 6.45) is -1.77. The number of hydrogen-bond donors (Lipinski definition) is 2. The van der Waals surface area contributed by atoms with Crippen LogP contribution in [-0.2, 0) is 14.0 Å². The number of carbonyl (C=O) groups excluding carboxylic acids is 1. The van der Waals surface area contributed by atoms with Crippen molar-refractivity contribution in [2.45, 2.75) is 77.4 Å². The maximum Gasteiger partial charge on any atom is 0.408 e. The maximum atomic E-state index is 12.5. The van der Waals surface area contributed by atoms with Gasteiger partial charge in [0.15, 0.2) is 14.4 Å². The van der Waals surface area contributed by atoms with Gasteiger partial charge in [0.05, 0.1) is 0 Å². The standard InChI is InChI=1S/C26H37NO6Si/c1-25(2,3)32-24(30)27-21(23(28)29)22(33-34(7,8)26(4,5)6)18-13-12-16-20(17-18)31-19-14-10-9-11-15-19/h9-17,21-22H,1-8H3,(H,27,30)(H,28,29). The third-order valence-corrected chi connectivity index (χ3v) is 10.1. The average molecular weight is 488 g/mol. The predicted molar refractivity (Wildman–Crippen MR) is 135 cm³/mol. The van der Waals surface area contributed by atoms with E-state index in [1.165, 1.54) is 0 Å². The van der Waals surface area contributed by atoms with E-state index in [9.17, 15) is 14.7 Å². The Balaban J connectivity index is 2.47. The molecule has 1 amide bonds. The minimum atomic E-state index is -2.45. The summed E-state index contributed by atoms with van der Waals surface area (Å²) in [7, 11) is -2.45. The Hall–Kier alpha value is -2.84. The highest BCUT2D eigenvalue weighted by molar-refractivity contribution is 6.74. The van der Waals surface area contributed by atoms with Crippen LogP contribution in [0.4, 0.5) is 4.79 Å². The zero-order chi connectivity index (χ0) is 25.7. The monoisotopic (exact) mass is 487 g/mol. The van der Waals surface area contributed by atoms with Gasteiger partial charge in [0, 0.05) is 0 Å². The molecule has 7 nitrogen and oxygen atoms in total. The lowest BCUT2D eigenvalue weighted by Crippen LogP contribution is -2.51. The number of alkyl carbamates (subject to hydrolysis) is 1. The van der Waals surface area contributed by atoms with Crippen molar-refractivity contribution in [3.05, 3.63) is 60.2 Å². The van der Waals surface area contributed by atoms with Crippen LogP contribution in [0, 0.1) is 0 Å². The first-order valence-corrected chi connectivity index (χ1v) is 14.2. The summed E-state index contributed by atoms with van der Waals surface area (Å²) in [5.74, 6) is -0.0268. The number of aliphatic carboxylic acids is 1. The summed E-state index contributed by atoms with van der Waals surface area (Å²) >= 11 is 0. The Bertz CT molecular complexity index is 979. The van der Waals surface area contributed by atoms with Crippen LogP contribution in [0.2, 0.25) is 18.1 Å².